The lowest BCUT2D eigenvalue weighted by atomic mass is 10.00. The van der Waals surface area contributed by atoms with Crippen LogP contribution < -0.4 is 4.74 Å². The molecule has 4 aromatic carbocycles. The predicted molar refractivity (Wildman–Crippen MR) is 139 cm³/mol. The van der Waals surface area contributed by atoms with Crippen LogP contribution in [0.3, 0.4) is 0 Å². The number of hydrogen-bond donors (Lipinski definition) is 1. The van der Waals surface area contributed by atoms with Crippen molar-refractivity contribution in [3.8, 4) is 22.8 Å². The molecule has 0 aliphatic heterocycles. The van der Waals surface area contributed by atoms with E-state index in [0.29, 0.717) is 16.9 Å². The van der Waals surface area contributed by atoms with Gasteiger partial charge in [-0.15, -0.1) is 0 Å². The first-order valence-electron chi connectivity index (χ1n) is 11.1. The van der Waals surface area contributed by atoms with E-state index in [-0.39, 0.29) is 17.3 Å². The molecule has 5 nitrogen and oxygen atoms in total. The summed E-state index contributed by atoms with van der Waals surface area (Å²) in [5.41, 5.74) is 3.27. The van der Waals surface area contributed by atoms with Crippen molar-refractivity contribution in [1.29, 1.82) is 0 Å². The molecule has 0 atom stereocenters. The number of rotatable bonds is 4. The van der Waals surface area contributed by atoms with Gasteiger partial charge in [0, 0.05) is 22.7 Å². The molecule has 0 fully saturated rings. The molecule has 5 aromatic rings. The summed E-state index contributed by atoms with van der Waals surface area (Å²) in [7, 11) is 1.59. The molecule has 0 spiro atoms. The number of phenols is 1. The molecule has 1 N–H and O–H groups in total. The van der Waals surface area contributed by atoms with E-state index < -0.39 is 0 Å². The third-order valence-electron chi connectivity index (χ3n) is 5.74. The number of pyridine rings is 1. The summed E-state index contributed by atoms with van der Waals surface area (Å²) < 4.78 is 5.43. The van der Waals surface area contributed by atoms with Crippen LogP contribution in [0.15, 0.2) is 91.1 Å². The topological polar surface area (TPSA) is 76.5 Å². The Morgan fingerprint density at radius 3 is 2.20 bits per heavy atom. The van der Waals surface area contributed by atoms with Crippen molar-refractivity contribution in [2.24, 2.45) is 0 Å². The van der Waals surface area contributed by atoms with Crippen molar-refractivity contribution in [3.63, 3.8) is 0 Å². The number of aromatic hydroxyl groups is 1. The van der Waals surface area contributed by atoms with Crippen molar-refractivity contribution in [3.05, 3.63) is 102 Å². The van der Waals surface area contributed by atoms with Crippen LogP contribution in [0.5, 0.6) is 11.5 Å². The number of ether oxygens (including phenoxy) is 1. The minimum absolute atomic E-state index is 0.00236. The number of nitrogens with zero attached hydrogens (tertiary/aromatic N) is 1. The Morgan fingerprint density at radius 1 is 0.771 bits per heavy atom. The van der Waals surface area contributed by atoms with Crippen LogP contribution in [-0.2, 0) is 0 Å². The molecule has 0 saturated carbocycles. The van der Waals surface area contributed by atoms with Crippen LogP contribution in [0.25, 0.3) is 32.8 Å². The summed E-state index contributed by atoms with van der Waals surface area (Å²) in [6.07, 6.45) is 1.78. The average Bonchev–Trinajstić information content (AvgIpc) is 2.88. The van der Waals surface area contributed by atoms with E-state index in [1.165, 1.54) is 0 Å². The molecule has 0 aliphatic carbocycles. The lowest BCUT2D eigenvalue weighted by Crippen LogP contribution is -1.98. The number of carbonyl (C=O) groups is 2. The molecule has 0 bridgehead atoms. The van der Waals surface area contributed by atoms with Crippen molar-refractivity contribution < 1.29 is 19.4 Å². The Morgan fingerprint density at radius 2 is 1.51 bits per heavy atom. The molecule has 174 valence electrons. The second kappa shape index (κ2) is 10.2. The van der Waals surface area contributed by atoms with Gasteiger partial charge in [0.05, 0.1) is 18.4 Å². The van der Waals surface area contributed by atoms with Gasteiger partial charge < -0.3 is 9.84 Å². The van der Waals surface area contributed by atoms with Gasteiger partial charge in [0.2, 0.25) is 0 Å². The highest BCUT2D eigenvalue weighted by Gasteiger charge is 2.12. The van der Waals surface area contributed by atoms with Crippen LogP contribution >= 0.6 is 0 Å². The molecule has 1 aromatic heterocycles. The number of hydrogen-bond acceptors (Lipinski definition) is 5. The van der Waals surface area contributed by atoms with Gasteiger partial charge >= 0.3 is 0 Å². The Labute approximate surface area is 203 Å². The molecule has 5 heteroatoms. The van der Waals surface area contributed by atoms with Gasteiger partial charge in [0.25, 0.3) is 0 Å². The summed E-state index contributed by atoms with van der Waals surface area (Å²) in [5, 5.41) is 13.1. The number of benzene rings is 4. The smallest absolute Gasteiger partial charge is 0.163 e. The van der Waals surface area contributed by atoms with Crippen molar-refractivity contribution >= 4 is 33.1 Å². The number of methoxy groups -OCH3 is 1. The molecule has 0 radical (unpaired) electrons. The van der Waals surface area contributed by atoms with Gasteiger partial charge in [-0.05, 0) is 78.5 Å². The average molecular weight is 464 g/mol. The number of Topliss-reactive ketones (excluding diaryl/α,β-unsaturated/α-hetero) is 2. The zero-order valence-electron chi connectivity index (χ0n) is 19.8. The number of aromatic nitrogens is 1. The molecular weight excluding hydrogens is 438 g/mol. The molecule has 1 heterocycles. The Hall–Kier alpha value is -4.51. The van der Waals surface area contributed by atoms with Crippen LogP contribution in [0.1, 0.15) is 34.6 Å². The van der Waals surface area contributed by atoms with Gasteiger partial charge in [0.15, 0.2) is 11.6 Å². The zero-order valence-corrected chi connectivity index (χ0v) is 19.8. The van der Waals surface area contributed by atoms with Gasteiger partial charge in [-0.25, -0.2) is 0 Å². The maximum Gasteiger partial charge on any atom is 0.163 e. The second-order valence-electron chi connectivity index (χ2n) is 8.16. The second-order valence-corrected chi connectivity index (χ2v) is 8.16. The minimum Gasteiger partial charge on any atom is -0.508 e. The van der Waals surface area contributed by atoms with Gasteiger partial charge in [-0.1, -0.05) is 36.4 Å². The van der Waals surface area contributed by atoms with E-state index in [2.05, 4.69) is 11.1 Å². The molecule has 0 aliphatic rings. The maximum atomic E-state index is 11.7. The van der Waals surface area contributed by atoms with Crippen LogP contribution in [0, 0.1) is 0 Å². The fourth-order valence-corrected chi connectivity index (χ4v) is 3.94. The van der Waals surface area contributed by atoms with Crippen molar-refractivity contribution in [2.45, 2.75) is 13.8 Å². The first-order chi connectivity index (χ1) is 16.9. The normalized spacial score (nSPS) is 10.5. The van der Waals surface area contributed by atoms with Crippen molar-refractivity contribution in [1.82, 2.24) is 4.98 Å². The van der Waals surface area contributed by atoms with Crippen molar-refractivity contribution in [2.75, 3.05) is 7.11 Å². The van der Waals surface area contributed by atoms with Gasteiger partial charge in [0.1, 0.15) is 11.5 Å². The number of phenolic OH excluding ortho intramolecular Hbond substituents is 1. The van der Waals surface area contributed by atoms with E-state index >= 15 is 0 Å². The van der Waals surface area contributed by atoms with E-state index in [0.717, 1.165) is 32.8 Å². The van der Waals surface area contributed by atoms with Crippen LogP contribution in [0.2, 0.25) is 0 Å². The first-order valence-corrected chi connectivity index (χ1v) is 11.1. The highest BCUT2D eigenvalue weighted by molar-refractivity contribution is 6.04. The van der Waals surface area contributed by atoms with Crippen LogP contribution in [0.4, 0.5) is 0 Å². The van der Waals surface area contributed by atoms with E-state index in [4.69, 9.17) is 4.74 Å². The molecule has 0 amide bonds. The summed E-state index contributed by atoms with van der Waals surface area (Å²) in [6.45, 7) is 3.09. The fraction of sp³-hybridized carbons (Fsp3) is 0.100. The van der Waals surface area contributed by atoms with Crippen LogP contribution in [-0.4, -0.2) is 28.8 Å². The molecule has 5 rings (SSSR count). The lowest BCUT2D eigenvalue weighted by Gasteiger charge is -2.11. The van der Waals surface area contributed by atoms with E-state index in [9.17, 15) is 14.7 Å². The van der Waals surface area contributed by atoms with E-state index in [1.54, 1.807) is 51.4 Å². The summed E-state index contributed by atoms with van der Waals surface area (Å²) in [6, 6.07) is 26.2. The summed E-state index contributed by atoms with van der Waals surface area (Å²) in [5.74, 6) is 0.933. The Bertz CT molecular complexity index is 1540. The first kappa shape index (κ1) is 23.6. The third kappa shape index (κ3) is 5.20. The SMILES string of the molecule is CC(=O)c1ccc2cc(O)ccc2c1.COc1c(C(C)=O)ccc2cc(-c3ccccn3)ccc12. The number of ketones is 2. The Balaban J connectivity index is 0.000000179. The fourth-order valence-electron chi connectivity index (χ4n) is 3.94. The summed E-state index contributed by atoms with van der Waals surface area (Å²) in [4.78, 5) is 27.1. The molecular formula is C30H25NO4. The van der Waals surface area contributed by atoms with E-state index in [1.807, 2.05) is 54.6 Å². The van der Waals surface area contributed by atoms with Gasteiger partial charge in [-0.3, -0.25) is 14.6 Å². The monoisotopic (exact) mass is 463 g/mol. The standard InChI is InChI=1S/C18H15NO2.C12H10O2/c1-12(20)15-8-6-13-11-14(17-5-3-4-10-19-17)7-9-16(13)18(15)21-2;1-8(13)9-2-3-11-7-12(14)5-4-10(11)6-9/h3-11H,1-2H3;2-7,14H,1H3. The third-order valence-corrected chi connectivity index (χ3v) is 5.74. The minimum atomic E-state index is 0.00236. The molecule has 35 heavy (non-hydrogen) atoms. The predicted octanol–water partition coefficient (Wildman–Crippen LogP) is 6.86. The largest absolute Gasteiger partial charge is 0.508 e. The molecule has 0 saturated heterocycles. The lowest BCUT2D eigenvalue weighted by molar-refractivity contribution is 0.100. The zero-order chi connectivity index (χ0) is 24.9. The number of fused-ring (bicyclic) bond motifs is 2. The molecule has 0 unspecified atom stereocenters. The quantitative estimate of drug-likeness (QED) is 0.295. The Kier molecular flexibility index (Phi) is 6.88. The summed E-state index contributed by atoms with van der Waals surface area (Å²) >= 11 is 0. The van der Waals surface area contributed by atoms with Gasteiger partial charge in [-0.2, -0.15) is 0 Å². The highest BCUT2D eigenvalue weighted by Crippen LogP contribution is 2.32. The maximum absolute atomic E-state index is 11.7. The highest BCUT2D eigenvalue weighted by atomic mass is 16.5. The number of carbonyl (C=O) groups excluding carboxylic acids is 2.